The first-order valence-electron chi connectivity index (χ1n) is 11.2. The minimum absolute atomic E-state index is 0.178. The van der Waals surface area contributed by atoms with Crippen molar-refractivity contribution in [3.63, 3.8) is 0 Å². The molecule has 0 unspecified atom stereocenters. The SMILES string of the molecule is CN(C)CCNC(=O)c1cc(NC(=O)c2cc(-c3cccc(N)n3)ccc2Cl)n(-c2ccccc2)n1. The monoisotopic (exact) mass is 503 g/mol. The molecule has 0 spiro atoms. The number of hydrogen-bond acceptors (Lipinski definition) is 6. The lowest BCUT2D eigenvalue weighted by atomic mass is 10.1. The number of aromatic nitrogens is 3. The summed E-state index contributed by atoms with van der Waals surface area (Å²) in [5.74, 6) is -0.0960. The Balaban J connectivity index is 1.64. The van der Waals surface area contributed by atoms with Crippen LogP contribution in [0.25, 0.3) is 16.9 Å². The molecule has 0 saturated heterocycles. The Kier molecular flexibility index (Phi) is 7.62. The molecule has 0 atom stereocenters. The zero-order chi connectivity index (χ0) is 25.7. The molecule has 0 aliphatic rings. The summed E-state index contributed by atoms with van der Waals surface area (Å²) in [4.78, 5) is 32.3. The molecule has 4 rings (SSSR count). The fourth-order valence-corrected chi connectivity index (χ4v) is 3.69. The third kappa shape index (κ3) is 5.88. The molecule has 184 valence electrons. The maximum Gasteiger partial charge on any atom is 0.271 e. The van der Waals surface area contributed by atoms with Crippen molar-refractivity contribution in [2.45, 2.75) is 0 Å². The molecule has 10 heteroatoms. The van der Waals surface area contributed by atoms with Crippen LogP contribution in [0.5, 0.6) is 0 Å². The molecule has 2 amide bonds. The Morgan fingerprint density at radius 3 is 2.50 bits per heavy atom. The van der Waals surface area contributed by atoms with E-state index in [0.29, 0.717) is 41.7 Å². The molecule has 0 aliphatic heterocycles. The molecule has 0 saturated carbocycles. The van der Waals surface area contributed by atoms with E-state index in [2.05, 4.69) is 20.7 Å². The van der Waals surface area contributed by atoms with Crippen molar-refractivity contribution in [2.75, 3.05) is 38.2 Å². The van der Waals surface area contributed by atoms with Gasteiger partial charge in [0.25, 0.3) is 11.8 Å². The van der Waals surface area contributed by atoms with E-state index in [4.69, 9.17) is 17.3 Å². The zero-order valence-electron chi connectivity index (χ0n) is 19.9. The molecule has 0 radical (unpaired) electrons. The normalized spacial score (nSPS) is 10.9. The van der Waals surface area contributed by atoms with Crippen LogP contribution in [-0.2, 0) is 0 Å². The smallest absolute Gasteiger partial charge is 0.271 e. The van der Waals surface area contributed by atoms with Gasteiger partial charge >= 0.3 is 0 Å². The van der Waals surface area contributed by atoms with E-state index in [-0.39, 0.29) is 22.2 Å². The van der Waals surface area contributed by atoms with Gasteiger partial charge in [0.1, 0.15) is 11.6 Å². The van der Waals surface area contributed by atoms with Crippen LogP contribution in [0.1, 0.15) is 20.8 Å². The van der Waals surface area contributed by atoms with Gasteiger partial charge in [0.05, 0.1) is 22.0 Å². The number of nitrogens with one attached hydrogen (secondary N) is 2. The van der Waals surface area contributed by atoms with Crippen molar-refractivity contribution in [2.24, 2.45) is 0 Å². The number of carbonyl (C=O) groups excluding carboxylic acids is 2. The summed E-state index contributed by atoms with van der Waals surface area (Å²) < 4.78 is 1.51. The van der Waals surface area contributed by atoms with Crippen LogP contribution in [0, 0.1) is 0 Å². The highest BCUT2D eigenvalue weighted by molar-refractivity contribution is 6.34. The second-order valence-electron chi connectivity index (χ2n) is 8.32. The average molecular weight is 504 g/mol. The number of halogens is 1. The van der Waals surface area contributed by atoms with E-state index >= 15 is 0 Å². The van der Waals surface area contributed by atoms with Crippen molar-refractivity contribution >= 4 is 35.1 Å². The first kappa shape index (κ1) is 24.9. The van der Waals surface area contributed by atoms with Gasteiger partial charge in [-0.15, -0.1) is 0 Å². The first-order valence-corrected chi connectivity index (χ1v) is 11.6. The molecule has 2 aromatic heterocycles. The minimum atomic E-state index is -0.456. The summed E-state index contributed by atoms with van der Waals surface area (Å²) >= 11 is 6.37. The van der Waals surface area contributed by atoms with Crippen molar-refractivity contribution in [1.29, 1.82) is 0 Å². The molecular weight excluding hydrogens is 478 g/mol. The van der Waals surface area contributed by atoms with Gasteiger partial charge in [0, 0.05) is 24.7 Å². The first-order chi connectivity index (χ1) is 17.3. The van der Waals surface area contributed by atoms with Crippen LogP contribution < -0.4 is 16.4 Å². The minimum Gasteiger partial charge on any atom is -0.384 e. The summed E-state index contributed by atoms with van der Waals surface area (Å²) in [6.45, 7) is 1.15. The fourth-order valence-electron chi connectivity index (χ4n) is 3.49. The second kappa shape index (κ2) is 11.0. The van der Waals surface area contributed by atoms with E-state index in [0.717, 1.165) is 0 Å². The van der Waals surface area contributed by atoms with Gasteiger partial charge in [-0.3, -0.25) is 9.59 Å². The van der Waals surface area contributed by atoms with Gasteiger partial charge in [-0.1, -0.05) is 41.9 Å². The van der Waals surface area contributed by atoms with Crippen LogP contribution >= 0.6 is 11.6 Å². The maximum absolute atomic E-state index is 13.3. The van der Waals surface area contributed by atoms with Gasteiger partial charge in [-0.25, -0.2) is 9.67 Å². The van der Waals surface area contributed by atoms with Crippen LogP contribution in [-0.4, -0.2) is 58.7 Å². The number of nitrogens with zero attached hydrogens (tertiary/aromatic N) is 4. The van der Waals surface area contributed by atoms with Crippen LogP contribution in [0.4, 0.5) is 11.6 Å². The molecule has 2 aromatic carbocycles. The number of carbonyl (C=O) groups is 2. The lowest BCUT2D eigenvalue weighted by Gasteiger charge is -2.11. The third-order valence-electron chi connectivity index (χ3n) is 5.31. The predicted molar refractivity (Wildman–Crippen MR) is 141 cm³/mol. The topological polar surface area (TPSA) is 118 Å². The van der Waals surface area contributed by atoms with Crippen molar-refractivity contribution in [1.82, 2.24) is 25.0 Å². The number of para-hydroxylation sites is 1. The third-order valence-corrected chi connectivity index (χ3v) is 5.64. The van der Waals surface area contributed by atoms with E-state index in [1.54, 1.807) is 36.4 Å². The van der Waals surface area contributed by atoms with E-state index in [1.807, 2.05) is 49.3 Å². The molecule has 0 fully saturated rings. The number of rotatable bonds is 8. The van der Waals surface area contributed by atoms with Gasteiger partial charge in [-0.05, 0) is 50.5 Å². The number of anilines is 2. The van der Waals surface area contributed by atoms with Crippen molar-refractivity contribution < 1.29 is 9.59 Å². The fraction of sp³-hybridized carbons (Fsp3) is 0.154. The standard InChI is InChI=1S/C26H26ClN7O2/c1-33(2)14-13-29-26(36)22-16-24(34(32-22)18-7-4-3-5-8-18)31-25(35)19-15-17(11-12-20(19)27)21-9-6-10-23(28)30-21/h3-12,15-16H,13-14H2,1-2H3,(H2,28,30)(H,29,36)(H,31,35). The maximum atomic E-state index is 13.3. The molecule has 9 nitrogen and oxygen atoms in total. The highest BCUT2D eigenvalue weighted by atomic mass is 35.5. The highest BCUT2D eigenvalue weighted by Gasteiger charge is 2.19. The Bertz CT molecular complexity index is 1390. The number of pyridine rings is 1. The molecule has 0 aliphatic carbocycles. The quantitative estimate of drug-likeness (QED) is 0.337. The zero-order valence-corrected chi connectivity index (χ0v) is 20.7. The number of likely N-dealkylation sites (N-methyl/N-ethyl adjacent to an activating group) is 1. The van der Waals surface area contributed by atoms with Gasteiger partial charge < -0.3 is 21.3 Å². The summed E-state index contributed by atoms with van der Waals surface area (Å²) in [7, 11) is 3.85. The summed E-state index contributed by atoms with van der Waals surface area (Å²) in [6.07, 6.45) is 0. The number of hydrogen-bond donors (Lipinski definition) is 3. The molecule has 4 aromatic rings. The Morgan fingerprint density at radius 2 is 1.78 bits per heavy atom. The predicted octanol–water partition coefficient (Wildman–Crippen LogP) is 3.71. The van der Waals surface area contributed by atoms with Gasteiger partial charge in [0.15, 0.2) is 5.69 Å². The summed E-state index contributed by atoms with van der Waals surface area (Å²) in [5, 5.41) is 10.4. The number of nitrogens with two attached hydrogens (primary N) is 1. The van der Waals surface area contributed by atoms with Crippen molar-refractivity contribution in [3.05, 3.63) is 89.1 Å². The van der Waals surface area contributed by atoms with E-state index < -0.39 is 5.91 Å². The Morgan fingerprint density at radius 1 is 1.00 bits per heavy atom. The molecule has 2 heterocycles. The summed E-state index contributed by atoms with van der Waals surface area (Å²) in [6, 6.07) is 21.1. The second-order valence-corrected chi connectivity index (χ2v) is 8.72. The van der Waals surface area contributed by atoms with Crippen molar-refractivity contribution in [3.8, 4) is 16.9 Å². The van der Waals surface area contributed by atoms with Crippen LogP contribution in [0.15, 0.2) is 72.8 Å². The highest BCUT2D eigenvalue weighted by Crippen LogP contribution is 2.26. The largest absolute Gasteiger partial charge is 0.384 e. The van der Waals surface area contributed by atoms with E-state index in [1.165, 1.54) is 10.7 Å². The molecule has 0 bridgehead atoms. The lowest BCUT2D eigenvalue weighted by molar-refractivity contribution is 0.0944. The van der Waals surface area contributed by atoms with Crippen LogP contribution in [0.2, 0.25) is 5.02 Å². The summed E-state index contributed by atoms with van der Waals surface area (Å²) in [5.41, 5.74) is 8.22. The number of benzene rings is 2. The van der Waals surface area contributed by atoms with Gasteiger partial charge in [-0.2, -0.15) is 5.10 Å². The molecular formula is C26H26ClN7O2. The van der Waals surface area contributed by atoms with Crippen LogP contribution in [0.3, 0.4) is 0 Å². The number of nitrogen functional groups attached to an aromatic ring is 1. The lowest BCUT2D eigenvalue weighted by Crippen LogP contribution is -2.31. The molecule has 4 N–H and O–H groups in total. The molecule has 36 heavy (non-hydrogen) atoms. The Hall–Kier alpha value is -4.21. The average Bonchev–Trinajstić information content (AvgIpc) is 3.28. The number of amides is 2. The van der Waals surface area contributed by atoms with Gasteiger partial charge in [0.2, 0.25) is 0 Å². The Labute approximate surface area is 213 Å². The van der Waals surface area contributed by atoms with E-state index in [9.17, 15) is 9.59 Å².